The summed E-state index contributed by atoms with van der Waals surface area (Å²) < 4.78 is 10.8. The molecule has 4 nitrogen and oxygen atoms in total. The van der Waals surface area contributed by atoms with E-state index in [0.29, 0.717) is 6.54 Å². The normalized spacial score (nSPS) is 18.0. The van der Waals surface area contributed by atoms with Gasteiger partial charge in [0, 0.05) is 6.54 Å². The zero-order valence-electron chi connectivity index (χ0n) is 13.3. The second-order valence-electron chi connectivity index (χ2n) is 6.18. The number of hydrogen-bond acceptors (Lipinski definition) is 3. The lowest BCUT2D eigenvalue weighted by atomic mass is 10.0. The van der Waals surface area contributed by atoms with Crippen molar-refractivity contribution in [2.75, 3.05) is 13.7 Å². The molecule has 1 aromatic carbocycles. The van der Waals surface area contributed by atoms with Gasteiger partial charge in [0.25, 0.3) is 0 Å². The number of ether oxygens (including phenoxy) is 2. The lowest BCUT2D eigenvalue weighted by Gasteiger charge is -2.29. The Morgan fingerprint density at radius 3 is 2.67 bits per heavy atom. The van der Waals surface area contributed by atoms with Crippen LogP contribution >= 0.6 is 0 Å². The third-order valence-corrected chi connectivity index (χ3v) is 3.45. The predicted octanol–water partition coefficient (Wildman–Crippen LogP) is 3.85. The van der Waals surface area contributed by atoms with Gasteiger partial charge >= 0.3 is 6.09 Å². The Bertz CT molecular complexity index is 558. The Kier molecular flexibility index (Phi) is 4.26. The minimum Gasteiger partial charge on any atom is -0.496 e. The zero-order chi connectivity index (χ0) is 15.6. The molecule has 2 rings (SSSR count). The van der Waals surface area contributed by atoms with Crippen LogP contribution < -0.4 is 4.74 Å². The van der Waals surface area contributed by atoms with E-state index in [1.54, 1.807) is 12.0 Å². The van der Waals surface area contributed by atoms with Gasteiger partial charge in [-0.25, -0.2) is 4.79 Å². The van der Waals surface area contributed by atoms with Gasteiger partial charge < -0.3 is 9.47 Å². The number of benzene rings is 1. The third-order valence-electron chi connectivity index (χ3n) is 3.45. The molecule has 0 fully saturated rings. The summed E-state index contributed by atoms with van der Waals surface area (Å²) in [5.41, 5.74) is 1.62. The number of rotatable bonds is 2. The topological polar surface area (TPSA) is 38.8 Å². The van der Waals surface area contributed by atoms with Crippen LogP contribution in [0.5, 0.6) is 5.75 Å². The summed E-state index contributed by atoms with van der Waals surface area (Å²) in [6, 6.07) is 5.79. The summed E-state index contributed by atoms with van der Waals surface area (Å²) in [6.07, 6.45) is 3.74. The standard InChI is InChI=1S/C17H23NO3/c1-12-13(8-6-10-15(12)20-5)14-9-7-11-18(14)16(19)21-17(2,3)4/h6-10,14H,11H2,1-5H3/t14-/m0/s1. The van der Waals surface area contributed by atoms with E-state index in [1.807, 2.05) is 58.0 Å². The van der Waals surface area contributed by atoms with E-state index < -0.39 is 5.60 Å². The molecule has 0 saturated carbocycles. The van der Waals surface area contributed by atoms with E-state index in [4.69, 9.17) is 9.47 Å². The third kappa shape index (κ3) is 3.38. The van der Waals surface area contributed by atoms with Crippen LogP contribution in [0.1, 0.15) is 37.9 Å². The highest BCUT2D eigenvalue weighted by Gasteiger charge is 2.31. The highest BCUT2D eigenvalue weighted by Crippen LogP contribution is 2.33. The van der Waals surface area contributed by atoms with Gasteiger partial charge in [-0.05, 0) is 44.9 Å². The van der Waals surface area contributed by atoms with Crippen LogP contribution in [0.4, 0.5) is 4.79 Å². The molecule has 0 N–H and O–H groups in total. The quantitative estimate of drug-likeness (QED) is 0.776. The van der Waals surface area contributed by atoms with Crippen molar-refractivity contribution < 1.29 is 14.3 Å². The lowest BCUT2D eigenvalue weighted by molar-refractivity contribution is 0.0240. The Labute approximate surface area is 126 Å². The Morgan fingerprint density at radius 2 is 2.05 bits per heavy atom. The second-order valence-corrected chi connectivity index (χ2v) is 6.18. The van der Waals surface area contributed by atoms with E-state index >= 15 is 0 Å². The molecule has 0 aromatic heterocycles. The Hall–Kier alpha value is -1.97. The maximum Gasteiger partial charge on any atom is 0.411 e. The average Bonchev–Trinajstić information content (AvgIpc) is 2.86. The van der Waals surface area contributed by atoms with Crippen LogP contribution in [-0.4, -0.2) is 30.2 Å². The molecule has 1 atom stereocenters. The van der Waals surface area contributed by atoms with Gasteiger partial charge in [0.05, 0.1) is 13.2 Å². The highest BCUT2D eigenvalue weighted by molar-refractivity contribution is 5.70. The molecule has 1 amide bonds. The molecular formula is C17H23NO3. The van der Waals surface area contributed by atoms with Crippen molar-refractivity contribution in [2.24, 2.45) is 0 Å². The van der Waals surface area contributed by atoms with Crippen molar-refractivity contribution >= 4 is 6.09 Å². The summed E-state index contributed by atoms with van der Waals surface area (Å²) in [5, 5.41) is 0. The van der Waals surface area contributed by atoms with Crippen LogP contribution in [0.2, 0.25) is 0 Å². The zero-order valence-corrected chi connectivity index (χ0v) is 13.3. The van der Waals surface area contributed by atoms with Crippen LogP contribution in [0.15, 0.2) is 30.4 Å². The van der Waals surface area contributed by atoms with E-state index in [1.165, 1.54) is 0 Å². The molecule has 4 heteroatoms. The first-order valence-electron chi connectivity index (χ1n) is 7.13. The van der Waals surface area contributed by atoms with Crippen LogP contribution in [-0.2, 0) is 4.74 Å². The molecule has 1 aliphatic heterocycles. The molecule has 114 valence electrons. The summed E-state index contributed by atoms with van der Waals surface area (Å²) in [7, 11) is 1.65. The first-order valence-corrected chi connectivity index (χ1v) is 7.13. The maximum atomic E-state index is 12.3. The number of carbonyl (C=O) groups is 1. The fourth-order valence-electron chi connectivity index (χ4n) is 2.47. The van der Waals surface area contributed by atoms with Gasteiger partial charge in [-0.15, -0.1) is 0 Å². The molecule has 1 heterocycles. The number of amides is 1. The molecule has 1 aliphatic rings. The fraction of sp³-hybridized carbons (Fsp3) is 0.471. The SMILES string of the molecule is COc1cccc([C@@H]2C=CCN2C(=O)OC(C)(C)C)c1C. The van der Waals surface area contributed by atoms with Crippen molar-refractivity contribution in [3.8, 4) is 5.75 Å². The molecule has 21 heavy (non-hydrogen) atoms. The lowest BCUT2D eigenvalue weighted by Crippen LogP contribution is -2.37. The number of methoxy groups -OCH3 is 1. The molecule has 0 unspecified atom stereocenters. The van der Waals surface area contributed by atoms with Gasteiger partial charge in [-0.2, -0.15) is 0 Å². The summed E-state index contributed by atoms with van der Waals surface area (Å²) in [4.78, 5) is 14.1. The van der Waals surface area contributed by atoms with Crippen molar-refractivity contribution in [1.82, 2.24) is 4.90 Å². The number of hydrogen-bond donors (Lipinski definition) is 0. The minimum atomic E-state index is -0.492. The average molecular weight is 289 g/mol. The molecule has 1 aromatic rings. The first kappa shape index (κ1) is 15.4. The van der Waals surface area contributed by atoms with E-state index in [2.05, 4.69) is 0 Å². The molecular weight excluding hydrogens is 266 g/mol. The van der Waals surface area contributed by atoms with Gasteiger partial charge in [-0.3, -0.25) is 4.90 Å². The smallest absolute Gasteiger partial charge is 0.411 e. The summed E-state index contributed by atoms with van der Waals surface area (Å²) >= 11 is 0. The largest absolute Gasteiger partial charge is 0.496 e. The van der Waals surface area contributed by atoms with Crippen LogP contribution in [0.25, 0.3) is 0 Å². The highest BCUT2D eigenvalue weighted by atomic mass is 16.6. The second kappa shape index (κ2) is 5.80. The molecule has 0 spiro atoms. The monoisotopic (exact) mass is 289 g/mol. The molecule has 0 aliphatic carbocycles. The Morgan fingerprint density at radius 1 is 1.33 bits per heavy atom. The van der Waals surface area contributed by atoms with Gasteiger partial charge in [-0.1, -0.05) is 24.3 Å². The number of carbonyl (C=O) groups excluding carboxylic acids is 1. The maximum absolute atomic E-state index is 12.3. The first-order chi connectivity index (χ1) is 9.83. The van der Waals surface area contributed by atoms with Crippen LogP contribution in [0.3, 0.4) is 0 Å². The Balaban J connectivity index is 2.27. The number of nitrogens with zero attached hydrogens (tertiary/aromatic N) is 1. The van der Waals surface area contributed by atoms with Crippen molar-refractivity contribution in [1.29, 1.82) is 0 Å². The summed E-state index contributed by atoms with van der Waals surface area (Å²) in [6.45, 7) is 8.20. The molecule has 0 radical (unpaired) electrons. The predicted molar refractivity (Wildman–Crippen MR) is 82.6 cm³/mol. The summed E-state index contributed by atoms with van der Waals surface area (Å²) in [5.74, 6) is 0.830. The fourth-order valence-corrected chi connectivity index (χ4v) is 2.47. The van der Waals surface area contributed by atoms with E-state index in [9.17, 15) is 4.79 Å². The van der Waals surface area contributed by atoms with Gasteiger partial charge in [0.2, 0.25) is 0 Å². The minimum absolute atomic E-state index is 0.102. The van der Waals surface area contributed by atoms with Crippen molar-refractivity contribution in [3.05, 3.63) is 41.5 Å². The van der Waals surface area contributed by atoms with Gasteiger partial charge in [0.1, 0.15) is 11.4 Å². The van der Waals surface area contributed by atoms with E-state index in [0.717, 1.165) is 16.9 Å². The van der Waals surface area contributed by atoms with Crippen molar-refractivity contribution in [2.45, 2.75) is 39.3 Å². The molecule has 0 bridgehead atoms. The van der Waals surface area contributed by atoms with E-state index in [-0.39, 0.29) is 12.1 Å². The van der Waals surface area contributed by atoms with Crippen molar-refractivity contribution in [3.63, 3.8) is 0 Å². The molecule has 0 saturated heterocycles. The van der Waals surface area contributed by atoms with Gasteiger partial charge in [0.15, 0.2) is 0 Å². The van der Waals surface area contributed by atoms with Crippen LogP contribution in [0, 0.1) is 6.92 Å².